The molecular formula is C17H16N4OS. The SMILES string of the molecule is N#Cc1ccnc(N2CCN(C(=O)C=Cc3cccs3)CC2)c1. The number of rotatable bonds is 3. The van der Waals surface area contributed by atoms with Gasteiger partial charge in [0.1, 0.15) is 5.82 Å². The summed E-state index contributed by atoms with van der Waals surface area (Å²) in [6.45, 7) is 2.76. The Kier molecular flexibility index (Phi) is 4.69. The number of anilines is 1. The lowest BCUT2D eigenvalue weighted by Gasteiger charge is -2.35. The zero-order valence-corrected chi connectivity index (χ0v) is 13.4. The number of nitriles is 1. The molecule has 2 aromatic rings. The van der Waals surface area contributed by atoms with E-state index < -0.39 is 0 Å². The minimum atomic E-state index is 0.0387. The van der Waals surface area contributed by atoms with Crippen molar-refractivity contribution in [2.45, 2.75) is 0 Å². The van der Waals surface area contributed by atoms with Crippen LogP contribution in [0.5, 0.6) is 0 Å². The van der Waals surface area contributed by atoms with E-state index in [0.717, 1.165) is 23.8 Å². The van der Waals surface area contributed by atoms with Crippen molar-refractivity contribution in [1.82, 2.24) is 9.88 Å². The first kappa shape index (κ1) is 15.3. The molecule has 0 unspecified atom stereocenters. The molecule has 0 saturated carbocycles. The van der Waals surface area contributed by atoms with Gasteiger partial charge in [-0.1, -0.05) is 6.07 Å². The van der Waals surface area contributed by atoms with Crippen LogP contribution < -0.4 is 4.90 Å². The molecule has 116 valence electrons. The van der Waals surface area contributed by atoms with Crippen LogP contribution in [0, 0.1) is 11.3 Å². The molecule has 1 aliphatic heterocycles. The number of nitrogens with zero attached hydrogens (tertiary/aromatic N) is 4. The van der Waals surface area contributed by atoms with Crippen molar-refractivity contribution in [3.63, 3.8) is 0 Å². The van der Waals surface area contributed by atoms with Crippen LogP contribution in [-0.2, 0) is 4.79 Å². The molecule has 0 N–H and O–H groups in total. The van der Waals surface area contributed by atoms with Crippen LogP contribution in [0.25, 0.3) is 6.08 Å². The average Bonchev–Trinajstić information content (AvgIpc) is 3.13. The molecule has 3 rings (SSSR count). The van der Waals surface area contributed by atoms with Gasteiger partial charge in [-0.3, -0.25) is 4.79 Å². The van der Waals surface area contributed by atoms with Crippen LogP contribution in [0.2, 0.25) is 0 Å². The Morgan fingerprint density at radius 1 is 1.30 bits per heavy atom. The topological polar surface area (TPSA) is 60.2 Å². The molecule has 1 fully saturated rings. The van der Waals surface area contributed by atoms with Gasteiger partial charge in [0.2, 0.25) is 5.91 Å². The molecule has 1 aliphatic rings. The smallest absolute Gasteiger partial charge is 0.246 e. The number of carbonyl (C=O) groups excluding carboxylic acids is 1. The molecule has 0 aliphatic carbocycles. The highest BCUT2D eigenvalue weighted by atomic mass is 32.1. The monoisotopic (exact) mass is 324 g/mol. The van der Waals surface area contributed by atoms with Gasteiger partial charge in [-0.15, -0.1) is 11.3 Å². The average molecular weight is 324 g/mol. The van der Waals surface area contributed by atoms with Crippen LogP contribution >= 0.6 is 11.3 Å². The lowest BCUT2D eigenvalue weighted by molar-refractivity contribution is -0.126. The van der Waals surface area contributed by atoms with E-state index in [1.54, 1.807) is 35.7 Å². The van der Waals surface area contributed by atoms with Gasteiger partial charge in [-0.2, -0.15) is 5.26 Å². The maximum absolute atomic E-state index is 12.2. The van der Waals surface area contributed by atoms with Crippen molar-refractivity contribution in [2.24, 2.45) is 0 Å². The molecule has 3 heterocycles. The fraction of sp³-hybridized carbons (Fsp3) is 0.235. The van der Waals surface area contributed by atoms with E-state index in [0.29, 0.717) is 18.7 Å². The summed E-state index contributed by atoms with van der Waals surface area (Å²) in [5.74, 6) is 0.835. The van der Waals surface area contributed by atoms with Crippen LogP contribution in [0.15, 0.2) is 41.9 Å². The van der Waals surface area contributed by atoms with Gasteiger partial charge in [-0.25, -0.2) is 4.98 Å². The van der Waals surface area contributed by atoms with Gasteiger partial charge in [0.15, 0.2) is 0 Å². The number of carbonyl (C=O) groups is 1. The number of pyridine rings is 1. The zero-order valence-electron chi connectivity index (χ0n) is 12.6. The summed E-state index contributed by atoms with van der Waals surface area (Å²) in [5, 5.41) is 10.9. The van der Waals surface area contributed by atoms with Crippen LogP contribution in [0.1, 0.15) is 10.4 Å². The molecule has 1 amide bonds. The second-order valence-corrected chi connectivity index (χ2v) is 6.15. The Morgan fingerprint density at radius 2 is 2.13 bits per heavy atom. The van der Waals surface area contributed by atoms with Gasteiger partial charge in [-0.05, 0) is 29.7 Å². The van der Waals surface area contributed by atoms with Crippen LogP contribution in [0.3, 0.4) is 0 Å². The molecule has 0 atom stereocenters. The number of hydrogen-bond acceptors (Lipinski definition) is 5. The summed E-state index contributed by atoms with van der Waals surface area (Å²) < 4.78 is 0. The Balaban J connectivity index is 1.57. The highest BCUT2D eigenvalue weighted by Crippen LogP contribution is 2.15. The molecule has 23 heavy (non-hydrogen) atoms. The molecule has 0 spiro atoms. The van der Waals surface area contributed by atoms with E-state index in [-0.39, 0.29) is 5.91 Å². The quantitative estimate of drug-likeness (QED) is 0.813. The van der Waals surface area contributed by atoms with Crippen molar-refractivity contribution in [1.29, 1.82) is 5.26 Å². The van der Waals surface area contributed by atoms with Gasteiger partial charge >= 0.3 is 0 Å². The third kappa shape index (κ3) is 3.76. The Hall–Kier alpha value is -2.65. The first-order valence-electron chi connectivity index (χ1n) is 7.38. The van der Waals surface area contributed by atoms with Crippen molar-refractivity contribution in [2.75, 3.05) is 31.1 Å². The second-order valence-electron chi connectivity index (χ2n) is 5.18. The molecule has 1 saturated heterocycles. The molecule has 2 aromatic heterocycles. The van der Waals surface area contributed by atoms with E-state index in [1.165, 1.54) is 0 Å². The summed E-state index contributed by atoms with van der Waals surface area (Å²) in [5.41, 5.74) is 0.604. The van der Waals surface area contributed by atoms with Crippen molar-refractivity contribution >= 4 is 29.1 Å². The lowest BCUT2D eigenvalue weighted by Crippen LogP contribution is -2.48. The van der Waals surface area contributed by atoms with Crippen LogP contribution in [0.4, 0.5) is 5.82 Å². The minimum Gasteiger partial charge on any atom is -0.353 e. The molecule has 6 heteroatoms. The van der Waals surface area contributed by atoms with Crippen LogP contribution in [-0.4, -0.2) is 42.0 Å². The summed E-state index contributed by atoms with van der Waals surface area (Å²) in [7, 11) is 0. The van der Waals surface area contributed by atoms with Gasteiger partial charge < -0.3 is 9.80 Å². The molecular weight excluding hydrogens is 308 g/mol. The fourth-order valence-electron chi connectivity index (χ4n) is 2.46. The number of hydrogen-bond donors (Lipinski definition) is 0. The largest absolute Gasteiger partial charge is 0.353 e. The number of amides is 1. The van der Waals surface area contributed by atoms with E-state index in [2.05, 4.69) is 16.0 Å². The van der Waals surface area contributed by atoms with Gasteiger partial charge in [0, 0.05) is 43.3 Å². The third-order valence-corrected chi connectivity index (χ3v) is 4.56. The minimum absolute atomic E-state index is 0.0387. The molecule has 0 radical (unpaired) electrons. The maximum Gasteiger partial charge on any atom is 0.246 e. The van der Waals surface area contributed by atoms with E-state index >= 15 is 0 Å². The number of piperazine rings is 1. The highest BCUT2D eigenvalue weighted by Gasteiger charge is 2.20. The first-order chi connectivity index (χ1) is 11.3. The number of aromatic nitrogens is 1. The lowest BCUT2D eigenvalue weighted by atomic mass is 10.2. The Morgan fingerprint density at radius 3 is 2.83 bits per heavy atom. The van der Waals surface area contributed by atoms with E-state index in [9.17, 15) is 4.79 Å². The normalized spacial score (nSPS) is 14.9. The molecule has 0 aromatic carbocycles. The Labute approximate surface area is 139 Å². The van der Waals surface area contributed by atoms with Gasteiger partial charge in [0.25, 0.3) is 0 Å². The highest BCUT2D eigenvalue weighted by molar-refractivity contribution is 7.10. The summed E-state index contributed by atoms with van der Waals surface area (Å²) >= 11 is 1.61. The first-order valence-corrected chi connectivity index (χ1v) is 8.26. The third-order valence-electron chi connectivity index (χ3n) is 3.72. The van der Waals surface area contributed by atoms with Crippen molar-refractivity contribution < 1.29 is 4.79 Å². The summed E-state index contributed by atoms with van der Waals surface area (Å²) in [6, 6.07) is 9.56. The summed E-state index contributed by atoms with van der Waals surface area (Å²) in [4.78, 5) is 21.5. The van der Waals surface area contributed by atoms with E-state index in [4.69, 9.17) is 5.26 Å². The second kappa shape index (κ2) is 7.07. The number of thiophene rings is 1. The zero-order chi connectivity index (χ0) is 16.1. The Bertz CT molecular complexity index is 740. The standard InChI is InChI=1S/C17H16N4OS/c18-13-14-5-6-19-16(12-14)20-7-9-21(10-8-20)17(22)4-3-15-2-1-11-23-15/h1-6,11-12H,7-10H2. The fourth-order valence-corrected chi connectivity index (χ4v) is 3.08. The summed E-state index contributed by atoms with van der Waals surface area (Å²) in [6.07, 6.45) is 5.14. The predicted molar refractivity (Wildman–Crippen MR) is 91.1 cm³/mol. The van der Waals surface area contributed by atoms with Gasteiger partial charge in [0.05, 0.1) is 11.6 Å². The van der Waals surface area contributed by atoms with E-state index in [1.807, 2.05) is 28.5 Å². The molecule has 5 nitrogen and oxygen atoms in total. The molecule has 0 bridgehead atoms. The van der Waals surface area contributed by atoms with Crippen molar-refractivity contribution in [3.8, 4) is 6.07 Å². The van der Waals surface area contributed by atoms with Crippen molar-refractivity contribution in [3.05, 3.63) is 52.4 Å². The maximum atomic E-state index is 12.2. The predicted octanol–water partition coefficient (Wildman–Crippen LogP) is 2.38.